The van der Waals surface area contributed by atoms with Gasteiger partial charge in [-0.3, -0.25) is 4.79 Å². The van der Waals surface area contributed by atoms with Gasteiger partial charge in [-0.1, -0.05) is 13.8 Å². The van der Waals surface area contributed by atoms with Crippen LogP contribution in [-0.2, 0) is 0 Å². The van der Waals surface area contributed by atoms with Crippen molar-refractivity contribution in [2.45, 2.75) is 20.0 Å². The highest BCUT2D eigenvalue weighted by molar-refractivity contribution is 6.07. The van der Waals surface area contributed by atoms with E-state index in [0.29, 0.717) is 11.3 Å². The highest BCUT2D eigenvalue weighted by Crippen LogP contribution is 2.20. The molecule has 1 amide bonds. The van der Waals surface area contributed by atoms with Crippen LogP contribution in [0, 0.1) is 5.92 Å². The molecule has 0 fully saturated rings. The van der Waals surface area contributed by atoms with Gasteiger partial charge in [-0.2, -0.15) is 0 Å². The third-order valence-electron chi connectivity index (χ3n) is 3.19. The smallest absolute Gasteiger partial charge is 0.253 e. The molecule has 0 saturated heterocycles. The lowest BCUT2D eigenvalue weighted by molar-refractivity contribution is 0.0873. The molecule has 0 aliphatic heterocycles. The number of rotatable bonds is 4. The average molecular weight is 261 g/mol. The maximum atomic E-state index is 12.1. The number of hydrogen-bond acceptors (Lipinski definition) is 3. The molecule has 5 N–H and O–H groups in total. The van der Waals surface area contributed by atoms with Crippen LogP contribution in [0.25, 0.3) is 10.9 Å². The summed E-state index contributed by atoms with van der Waals surface area (Å²) in [6.07, 6.45) is 1.12. The minimum atomic E-state index is -0.537. The fourth-order valence-corrected chi connectivity index (χ4v) is 1.86. The quantitative estimate of drug-likeness (QED) is 0.628. The van der Waals surface area contributed by atoms with E-state index in [1.165, 1.54) is 0 Å². The first kappa shape index (κ1) is 13.4. The van der Waals surface area contributed by atoms with Crippen molar-refractivity contribution in [3.8, 4) is 0 Å². The topological polar surface area (TPSA) is 91.1 Å². The highest BCUT2D eigenvalue weighted by Gasteiger charge is 2.14. The number of carbonyl (C=O) groups is 1. The van der Waals surface area contributed by atoms with E-state index >= 15 is 0 Å². The van der Waals surface area contributed by atoms with Gasteiger partial charge in [0.25, 0.3) is 5.91 Å². The molecule has 0 spiro atoms. The van der Waals surface area contributed by atoms with Crippen molar-refractivity contribution in [2.24, 2.45) is 5.92 Å². The fourth-order valence-electron chi connectivity index (χ4n) is 1.86. The van der Waals surface area contributed by atoms with Crippen molar-refractivity contribution < 1.29 is 9.90 Å². The first-order valence-corrected chi connectivity index (χ1v) is 6.32. The molecule has 1 unspecified atom stereocenters. The van der Waals surface area contributed by atoms with Gasteiger partial charge in [0.1, 0.15) is 0 Å². The van der Waals surface area contributed by atoms with Crippen molar-refractivity contribution >= 4 is 22.5 Å². The summed E-state index contributed by atoms with van der Waals surface area (Å²) in [5.74, 6) is -0.0845. The Labute approximate surface area is 111 Å². The summed E-state index contributed by atoms with van der Waals surface area (Å²) in [6, 6.07) is 5.36. The van der Waals surface area contributed by atoms with Gasteiger partial charge in [-0.15, -0.1) is 0 Å². The summed E-state index contributed by atoms with van der Waals surface area (Å²) in [7, 11) is 0. The molecule has 1 heterocycles. The molecule has 1 aromatic carbocycles. The number of nitrogens with one attached hydrogen (secondary N) is 2. The number of aliphatic hydroxyl groups is 1. The van der Waals surface area contributed by atoms with Crippen LogP contribution in [-0.4, -0.2) is 28.6 Å². The van der Waals surface area contributed by atoms with Crippen LogP contribution in [0.3, 0.4) is 0 Å². The van der Waals surface area contributed by atoms with Crippen LogP contribution >= 0.6 is 0 Å². The van der Waals surface area contributed by atoms with Gasteiger partial charge in [0, 0.05) is 29.3 Å². The average Bonchev–Trinajstić information content (AvgIpc) is 2.78. The lowest BCUT2D eigenvalue weighted by Crippen LogP contribution is -2.34. The molecule has 1 aromatic heterocycles. The predicted octanol–water partition coefficient (Wildman–Crippen LogP) is 1.50. The molecule has 2 aromatic rings. The standard InChI is InChI=1S/C14H19N3O2/c1-8(2)13(18)7-17-14(19)11-6-16-12-5-9(15)3-4-10(11)12/h3-6,8,13,16,18H,7,15H2,1-2H3,(H,17,19). The van der Waals surface area contributed by atoms with E-state index < -0.39 is 6.10 Å². The zero-order chi connectivity index (χ0) is 14.0. The summed E-state index contributed by atoms with van der Waals surface area (Å²) in [5, 5.41) is 13.2. The second-order valence-corrected chi connectivity index (χ2v) is 5.03. The Morgan fingerprint density at radius 1 is 1.47 bits per heavy atom. The Hall–Kier alpha value is -2.01. The Morgan fingerprint density at radius 2 is 2.21 bits per heavy atom. The van der Waals surface area contributed by atoms with E-state index in [9.17, 15) is 9.90 Å². The van der Waals surface area contributed by atoms with Crippen LogP contribution in [0.1, 0.15) is 24.2 Å². The molecular formula is C14H19N3O2. The van der Waals surface area contributed by atoms with Gasteiger partial charge < -0.3 is 21.1 Å². The van der Waals surface area contributed by atoms with Crippen LogP contribution in [0.15, 0.2) is 24.4 Å². The number of H-pyrrole nitrogens is 1. The molecule has 2 rings (SSSR count). The molecule has 0 radical (unpaired) electrons. The Morgan fingerprint density at radius 3 is 2.89 bits per heavy atom. The molecule has 5 heteroatoms. The van der Waals surface area contributed by atoms with Gasteiger partial charge in [-0.25, -0.2) is 0 Å². The second kappa shape index (κ2) is 5.32. The number of amides is 1. The van der Waals surface area contributed by atoms with E-state index in [4.69, 9.17) is 5.73 Å². The first-order chi connectivity index (χ1) is 8.99. The van der Waals surface area contributed by atoms with Gasteiger partial charge >= 0.3 is 0 Å². The van der Waals surface area contributed by atoms with Gasteiger partial charge in [-0.05, 0) is 24.1 Å². The molecule has 102 valence electrons. The summed E-state index contributed by atoms with van der Waals surface area (Å²) in [5.41, 5.74) is 7.73. The van der Waals surface area contributed by atoms with Gasteiger partial charge in [0.2, 0.25) is 0 Å². The minimum Gasteiger partial charge on any atom is -0.399 e. The van der Waals surface area contributed by atoms with E-state index in [2.05, 4.69) is 10.3 Å². The number of nitrogens with two attached hydrogens (primary N) is 1. The summed E-state index contributed by atoms with van der Waals surface area (Å²) < 4.78 is 0. The van der Waals surface area contributed by atoms with Gasteiger partial charge in [0.05, 0.1) is 11.7 Å². The van der Waals surface area contributed by atoms with E-state index in [1.54, 1.807) is 18.3 Å². The fraction of sp³-hybridized carbons (Fsp3) is 0.357. The van der Waals surface area contributed by atoms with Crippen molar-refractivity contribution in [3.63, 3.8) is 0 Å². The summed E-state index contributed by atoms with van der Waals surface area (Å²) in [4.78, 5) is 15.1. The molecule has 0 saturated carbocycles. The number of aliphatic hydroxyl groups excluding tert-OH is 1. The highest BCUT2D eigenvalue weighted by atomic mass is 16.3. The lowest BCUT2D eigenvalue weighted by atomic mass is 10.1. The monoisotopic (exact) mass is 261 g/mol. The number of fused-ring (bicyclic) bond motifs is 1. The van der Waals surface area contributed by atoms with Crippen molar-refractivity contribution in [3.05, 3.63) is 30.0 Å². The largest absolute Gasteiger partial charge is 0.399 e. The Bertz CT molecular complexity index is 589. The zero-order valence-corrected chi connectivity index (χ0v) is 11.1. The molecule has 5 nitrogen and oxygen atoms in total. The van der Waals surface area contributed by atoms with Crippen LogP contribution in [0.2, 0.25) is 0 Å². The molecular weight excluding hydrogens is 242 g/mol. The van der Waals surface area contributed by atoms with Crippen LogP contribution < -0.4 is 11.1 Å². The zero-order valence-electron chi connectivity index (χ0n) is 11.1. The number of anilines is 1. The number of carbonyl (C=O) groups excluding carboxylic acids is 1. The third-order valence-corrected chi connectivity index (χ3v) is 3.19. The SMILES string of the molecule is CC(C)C(O)CNC(=O)c1c[nH]c2cc(N)ccc12. The summed E-state index contributed by atoms with van der Waals surface area (Å²) in [6.45, 7) is 4.06. The number of aromatic nitrogens is 1. The van der Waals surface area contributed by atoms with Gasteiger partial charge in [0.15, 0.2) is 0 Å². The van der Waals surface area contributed by atoms with E-state index in [1.807, 2.05) is 19.9 Å². The van der Waals surface area contributed by atoms with Crippen molar-refractivity contribution in [1.29, 1.82) is 0 Å². The molecule has 0 aliphatic rings. The maximum absolute atomic E-state index is 12.1. The normalized spacial score (nSPS) is 12.8. The first-order valence-electron chi connectivity index (χ1n) is 6.32. The molecule has 19 heavy (non-hydrogen) atoms. The van der Waals surface area contributed by atoms with Crippen LogP contribution in [0.4, 0.5) is 5.69 Å². The lowest BCUT2D eigenvalue weighted by Gasteiger charge is -2.14. The van der Waals surface area contributed by atoms with Crippen molar-refractivity contribution in [2.75, 3.05) is 12.3 Å². The molecule has 1 atom stereocenters. The number of nitrogen functional groups attached to an aromatic ring is 1. The van der Waals surface area contributed by atoms with Crippen molar-refractivity contribution in [1.82, 2.24) is 10.3 Å². The minimum absolute atomic E-state index is 0.114. The van der Waals surface area contributed by atoms with E-state index in [-0.39, 0.29) is 18.4 Å². The number of aromatic amines is 1. The van der Waals surface area contributed by atoms with E-state index in [0.717, 1.165) is 10.9 Å². The Balaban J connectivity index is 2.14. The number of hydrogen-bond donors (Lipinski definition) is 4. The Kier molecular flexibility index (Phi) is 3.76. The third kappa shape index (κ3) is 2.88. The van der Waals surface area contributed by atoms with Crippen LogP contribution in [0.5, 0.6) is 0 Å². The molecule has 0 bridgehead atoms. The maximum Gasteiger partial charge on any atom is 0.253 e. The second-order valence-electron chi connectivity index (χ2n) is 5.03. The molecule has 0 aliphatic carbocycles. The predicted molar refractivity (Wildman–Crippen MR) is 75.9 cm³/mol. The summed E-state index contributed by atoms with van der Waals surface area (Å²) >= 11 is 0. The number of benzene rings is 1.